The van der Waals surface area contributed by atoms with Crippen LogP contribution in [0.2, 0.25) is 0 Å². The minimum atomic E-state index is -0.604. The van der Waals surface area contributed by atoms with Crippen molar-refractivity contribution in [3.63, 3.8) is 0 Å². The maximum atomic E-state index is 11.9. The van der Waals surface area contributed by atoms with Crippen LogP contribution in [0.25, 0.3) is 0 Å². The zero-order valence-corrected chi connectivity index (χ0v) is 12.3. The van der Waals surface area contributed by atoms with Crippen LogP contribution in [-0.2, 0) is 4.74 Å². The summed E-state index contributed by atoms with van der Waals surface area (Å²) in [4.78, 5) is 16.1. The summed E-state index contributed by atoms with van der Waals surface area (Å²) >= 11 is 0. The number of hydrogen-bond acceptors (Lipinski definition) is 6. The molecule has 0 aliphatic rings. The number of nitrogens with two attached hydrogens (primary N) is 1. The molecule has 1 aromatic carbocycles. The van der Waals surface area contributed by atoms with E-state index in [-0.39, 0.29) is 29.3 Å². The van der Waals surface area contributed by atoms with Gasteiger partial charge in [0, 0.05) is 0 Å². The Hall–Kier alpha value is -3.07. The number of carbonyl (C=O) groups excluding carboxylic acids is 1. The second kappa shape index (κ2) is 6.59. The number of esters is 1. The maximum Gasteiger partial charge on any atom is 0.342 e. The molecule has 2 N–H and O–H groups in total. The van der Waals surface area contributed by atoms with Crippen LogP contribution in [0.4, 0.5) is 5.69 Å². The van der Waals surface area contributed by atoms with Crippen molar-refractivity contribution in [2.24, 2.45) is 0 Å². The zero-order chi connectivity index (χ0) is 16.1. The number of para-hydroxylation sites is 1. The summed E-state index contributed by atoms with van der Waals surface area (Å²) in [6, 6.07) is 10.8. The molecule has 0 amide bonds. The predicted molar refractivity (Wildman–Crippen MR) is 80.6 cm³/mol. The molecule has 2 rings (SSSR count). The van der Waals surface area contributed by atoms with Crippen LogP contribution in [0.1, 0.15) is 28.5 Å². The van der Waals surface area contributed by atoms with Crippen molar-refractivity contribution in [2.45, 2.75) is 13.8 Å². The van der Waals surface area contributed by atoms with Crippen molar-refractivity contribution in [3.05, 3.63) is 47.2 Å². The molecule has 0 spiro atoms. The first kappa shape index (κ1) is 15.3. The third-order valence-electron chi connectivity index (χ3n) is 2.93. The summed E-state index contributed by atoms with van der Waals surface area (Å²) in [5.74, 6) is -0.0151. The van der Waals surface area contributed by atoms with E-state index in [0.29, 0.717) is 11.4 Å². The Balaban J connectivity index is 2.49. The number of nitrogen functional groups attached to an aromatic ring is 1. The van der Waals surface area contributed by atoms with E-state index in [1.54, 1.807) is 38.1 Å². The van der Waals surface area contributed by atoms with Crippen molar-refractivity contribution < 1.29 is 14.3 Å². The quantitative estimate of drug-likeness (QED) is 0.871. The summed E-state index contributed by atoms with van der Waals surface area (Å²) in [7, 11) is 0. The zero-order valence-electron chi connectivity index (χ0n) is 12.3. The van der Waals surface area contributed by atoms with Crippen molar-refractivity contribution in [2.75, 3.05) is 12.3 Å². The van der Waals surface area contributed by atoms with Gasteiger partial charge in [-0.2, -0.15) is 5.26 Å². The molecule has 1 aromatic heterocycles. The third-order valence-corrected chi connectivity index (χ3v) is 2.93. The highest BCUT2D eigenvalue weighted by molar-refractivity contribution is 5.98. The van der Waals surface area contributed by atoms with Gasteiger partial charge in [-0.3, -0.25) is 0 Å². The molecule has 1 heterocycles. The van der Waals surface area contributed by atoms with E-state index in [1.165, 1.54) is 0 Å². The van der Waals surface area contributed by atoms with Crippen molar-refractivity contribution >= 4 is 11.7 Å². The highest BCUT2D eigenvalue weighted by atomic mass is 16.5. The Morgan fingerprint density at radius 1 is 1.36 bits per heavy atom. The van der Waals surface area contributed by atoms with Crippen LogP contribution in [0, 0.1) is 18.3 Å². The second-order valence-corrected chi connectivity index (χ2v) is 4.41. The van der Waals surface area contributed by atoms with E-state index in [0.717, 1.165) is 0 Å². The minimum Gasteiger partial charge on any atom is -0.462 e. The fraction of sp³-hybridized carbons (Fsp3) is 0.188. The number of nitriles is 1. The number of pyridine rings is 1. The SMILES string of the molecule is CCOC(=O)c1c(C)nc(Oc2ccccc2)c(C#N)c1N. The predicted octanol–water partition coefficient (Wildman–Crippen LogP) is 2.81. The van der Waals surface area contributed by atoms with Gasteiger partial charge in [-0.15, -0.1) is 0 Å². The number of benzene rings is 1. The standard InChI is InChI=1S/C16H15N3O3/c1-3-21-16(20)13-10(2)19-15(12(9-17)14(13)18)22-11-7-5-4-6-8-11/h4-8H,3H2,1-2H3,(H2,18,19). The van der Waals surface area contributed by atoms with Crippen molar-refractivity contribution in [1.29, 1.82) is 5.26 Å². The fourth-order valence-corrected chi connectivity index (χ4v) is 1.94. The summed E-state index contributed by atoms with van der Waals surface area (Å²) in [6.45, 7) is 3.51. The van der Waals surface area contributed by atoms with Gasteiger partial charge in [0.2, 0.25) is 5.88 Å². The normalized spacial score (nSPS) is 9.86. The molecule has 0 radical (unpaired) electrons. The lowest BCUT2D eigenvalue weighted by molar-refractivity contribution is 0.0526. The molecule has 6 heteroatoms. The van der Waals surface area contributed by atoms with Gasteiger partial charge in [-0.25, -0.2) is 9.78 Å². The van der Waals surface area contributed by atoms with Gasteiger partial charge in [0.25, 0.3) is 0 Å². The lowest BCUT2D eigenvalue weighted by atomic mass is 10.1. The Morgan fingerprint density at radius 2 is 2.05 bits per heavy atom. The molecule has 0 aliphatic carbocycles. The van der Waals surface area contributed by atoms with Crippen LogP contribution >= 0.6 is 0 Å². The van der Waals surface area contributed by atoms with E-state index in [1.807, 2.05) is 12.1 Å². The molecule has 2 aromatic rings. The first-order valence-electron chi connectivity index (χ1n) is 6.68. The van der Waals surface area contributed by atoms with Gasteiger partial charge in [0.15, 0.2) is 0 Å². The monoisotopic (exact) mass is 297 g/mol. The Bertz CT molecular complexity index is 737. The Labute approximate surface area is 128 Å². The Morgan fingerprint density at radius 3 is 2.64 bits per heavy atom. The van der Waals surface area contributed by atoms with Crippen LogP contribution in [0.3, 0.4) is 0 Å². The molecule has 112 valence electrons. The number of nitrogens with zero attached hydrogens (tertiary/aromatic N) is 2. The number of ether oxygens (including phenoxy) is 2. The number of aryl methyl sites for hydroxylation is 1. The molecule has 0 saturated heterocycles. The second-order valence-electron chi connectivity index (χ2n) is 4.41. The van der Waals surface area contributed by atoms with Crippen LogP contribution in [-0.4, -0.2) is 17.6 Å². The number of hydrogen-bond donors (Lipinski definition) is 1. The molecule has 0 unspecified atom stereocenters. The van der Waals surface area contributed by atoms with E-state index in [2.05, 4.69) is 4.98 Å². The van der Waals surface area contributed by atoms with Gasteiger partial charge in [0.05, 0.1) is 18.0 Å². The van der Waals surface area contributed by atoms with Gasteiger partial charge in [-0.05, 0) is 26.0 Å². The highest BCUT2D eigenvalue weighted by Crippen LogP contribution is 2.31. The lowest BCUT2D eigenvalue weighted by Crippen LogP contribution is -2.13. The molecule has 6 nitrogen and oxygen atoms in total. The number of anilines is 1. The van der Waals surface area contributed by atoms with E-state index in [4.69, 9.17) is 15.2 Å². The first-order valence-corrected chi connectivity index (χ1v) is 6.68. The molecule has 0 fully saturated rings. The topological polar surface area (TPSA) is 98.2 Å². The van der Waals surface area contributed by atoms with Gasteiger partial charge in [-0.1, -0.05) is 18.2 Å². The Kier molecular flexibility index (Phi) is 4.59. The molecule has 0 atom stereocenters. The molecule has 22 heavy (non-hydrogen) atoms. The molecular weight excluding hydrogens is 282 g/mol. The molecule has 0 bridgehead atoms. The molecule has 0 saturated carbocycles. The lowest BCUT2D eigenvalue weighted by Gasteiger charge is -2.13. The van der Waals surface area contributed by atoms with Gasteiger partial charge < -0.3 is 15.2 Å². The fourth-order valence-electron chi connectivity index (χ4n) is 1.94. The van der Waals surface area contributed by atoms with Crippen molar-refractivity contribution in [1.82, 2.24) is 4.98 Å². The maximum absolute atomic E-state index is 11.9. The average Bonchev–Trinajstić information content (AvgIpc) is 2.48. The molecular formula is C16H15N3O3. The third kappa shape index (κ3) is 2.99. The highest BCUT2D eigenvalue weighted by Gasteiger charge is 2.23. The average molecular weight is 297 g/mol. The largest absolute Gasteiger partial charge is 0.462 e. The van der Waals surface area contributed by atoms with E-state index < -0.39 is 5.97 Å². The number of rotatable bonds is 4. The molecule has 0 aliphatic heterocycles. The van der Waals surface area contributed by atoms with E-state index in [9.17, 15) is 10.1 Å². The minimum absolute atomic E-state index is 0.0116. The van der Waals surface area contributed by atoms with Crippen LogP contribution < -0.4 is 10.5 Å². The van der Waals surface area contributed by atoms with Crippen molar-refractivity contribution in [3.8, 4) is 17.7 Å². The summed E-state index contributed by atoms with van der Waals surface area (Å²) < 4.78 is 10.5. The summed E-state index contributed by atoms with van der Waals surface area (Å²) in [5, 5.41) is 9.30. The van der Waals surface area contributed by atoms with Gasteiger partial charge in [0.1, 0.15) is 22.9 Å². The summed E-state index contributed by atoms with van der Waals surface area (Å²) in [5.41, 5.74) is 6.41. The van der Waals surface area contributed by atoms with Gasteiger partial charge >= 0.3 is 5.97 Å². The summed E-state index contributed by atoms with van der Waals surface area (Å²) in [6.07, 6.45) is 0. The number of aromatic nitrogens is 1. The van der Waals surface area contributed by atoms with Crippen LogP contribution in [0.15, 0.2) is 30.3 Å². The van der Waals surface area contributed by atoms with E-state index >= 15 is 0 Å². The first-order chi connectivity index (χ1) is 10.6. The smallest absolute Gasteiger partial charge is 0.342 e. The number of carbonyl (C=O) groups is 1. The van der Waals surface area contributed by atoms with Crippen LogP contribution in [0.5, 0.6) is 11.6 Å².